The number of aryl methyl sites for hydroxylation is 1. The second kappa shape index (κ2) is 4.54. The van der Waals surface area contributed by atoms with E-state index in [-0.39, 0.29) is 6.04 Å². The minimum absolute atomic E-state index is 0.256. The van der Waals surface area contributed by atoms with Crippen molar-refractivity contribution in [1.82, 2.24) is 0 Å². The van der Waals surface area contributed by atoms with E-state index >= 15 is 0 Å². The standard InChI is InChI=1S/C12H13NO/c1-9(2)12(13-8-14)11-7-5-4-6-10(11)3/h4-7,12H,1H2,2-3H3. The van der Waals surface area contributed by atoms with E-state index in [1.165, 1.54) is 0 Å². The number of nitrogens with zero attached hydrogens (tertiary/aromatic N) is 1. The zero-order valence-corrected chi connectivity index (χ0v) is 8.45. The van der Waals surface area contributed by atoms with Crippen LogP contribution in [0.1, 0.15) is 24.1 Å². The first kappa shape index (κ1) is 10.4. The summed E-state index contributed by atoms with van der Waals surface area (Å²) in [6.07, 6.45) is 1.59. The summed E-state index contributed by atoms with van der Waals surface area (Å²) >= 11 is 0. The maximum absolute atomic E-state index is 10.3. The molecule has 1 unspecified atom stereocenters. The zero-order chi connectivity index (χ0) is 10.6. The number of isocyanates is 1. The van der Waals surface area contributed by atoms with E-state index in [1.54, 1.807) is 6.08 Å². The van der Waals surface area contributed by atoms with E-state index in [0.717, 1.165) is 16.7 Å². The Hall–Kier alpha value is -1.66. The molecule has 0 aliphatic heterocycles. The number of benzene rings is 1. The van der Waals surface area contributed by atoms with Crippen LogP contribution >= 0.6 is 0 Å². The number of aliphatic imine (C=N–C) groups is 1. The summed E-state index contributed by atoms with van der Waals surface area (Å²) in [5, 5.41) is 0. The van der Waals surface area contributed by atoms with Gasteiger partial charge in [0.15, 0.2) is 0 Å². The third-order valence-electron chi connectivity index (χ3n) is 2.13. The van der Waals surface area contributed by atoms with Crippen LogP contribution in [0.5, 0.6) is 0 Å². The Balaban J connectivity index is 3.18. The van der Waals surface area contributed by atoms with E-state index in [0.29, 0.717) is 0 Å². The maximum atomic E-state index is 10.3. The van der Waals surface area contributed by atoms with Gasteiger partial charge in [0.2, 0.25) is 6.08 Å². The predicted octanol–water partition coefficient (Wildman–Crippen LogP) is 2.95. The largest absolute Gasteiger partial charge is 0.235 e. The SMILES string of the molecule is C=C(C)C(N=C=O)c1ccccc1C. The third-order valence-corrected chi connectivity index (χ3v) is 2.13. The molecule has 1 aromatic rings. The van der Waals surface area contributed by atoms with Gasteiger partial charge in [-0.2, -0.15) is 4.99 Å². The summed E-state index contributed by atoms with van der Waals surface area (Å²) in [6.45, 7) is 7.67. The van der Waals surface area contributed by atoms with Gasteiger partial charge in [0.1, 0.15) is 6.04 Å². The highest BCUT2D eigenvalue weighted by atomic mass is 16.1. The molecule has 0 heterocycles. The van der Waals surface area contributed by atoms with Crippen LogP contribution in [-0.2, 0) is 4.79 Å². The summed E-state index contributed by atoms with van der Waals surface area (Å²) < 4.78 is 0. The van der Waals surface area contributed by atoms with Crippen molar-refractivity contribution < 1.29 is 4.79 Å². The van der Waals surface area contributed by atoms with Gasteiger partial charge < -0.3 is 0 Å². The molecule has 1 aromatic carbocycles. The molecule has 0 aliphatic rings. The highest BCUT2D eigenvalue weighted by molar-refractivity contribution is 5.40. The summed E-state index contributed by atoms with van der Waals surface area (Å²) in [5.74, 6) is 0. The Morgan fingerprint density at radius 2 is 2.14 bits per heavy atom. The van der Waals surface area contributed by atoms with Crippen LogP contribution in [0, 0.1) is 6.92 Å². The minimum atomic E-state index is -0.256. The van der Waals surface area contributed by atoms with Gasteiger partial charge in [-0.25, -0.2) is 4.79 Å². The van der Waals surface area contributed by atoms with Gasteiger partial charge in [0, 0.05) is 0 Å². The highest BCUT2D eigenvalue weighted by Crippen LogP contribution is 2.26. The maximum Gasteiger partial charge on any atom is 0.235 e. The quantitative estimate of drug-likeness (QED) is 0.406. The summed E-state index contributed by atoms with van der Waals surface area (Å²) in [5.41, 5.74) is 2.98. The molecule has 0 bridgehead atoms. The van der Waals surface area contributed by atoms with Crippen molar-refractivity contribution in [3.05, 3.63) is 47.5 Å². The summed E-state index contributed by atoms with van der Waals surface area (Å²) in [7, 11) is 0. The third kappa shape index (κ3) is 2.18. The monoisotopic (exact) mass is 187 g/mol. The number of hydrogen-bond donors (Lipinski definition) is 0. The van der Waals surface area contributed by atoms with Crippen molar-refractivity contribution in [3.8, 4) is 0 Å². The molecule has 14 heavy (non-hydrogen) atoms. The molecule has 0 radical (unpaired) electrons. The number of rotatable bonds is 3. The lowest BCUT2D eigenvalue weighted by Gasteiger charge is -2.12. The molecule has 0 saturated carbocycles. The Morgan fingerprint density at radius 3 is 2.64 bits per heavy atom. The van der Waals surface area contributed by atoms with Gasteiger partial charge in [-0.1, -0.05) is 36.4 Å². The first-order chi connectivity index (χ1) is 6.66. The number of hydrogen-bond acceptors (Lipinski definition) is 2. The van der Waals surface area contributed by atoms with E-state index < -0.39 is 0 Å². The molecule has 0 spiro atoms. The first-order valence-electron chi connectivity index (χ1n) is 4.44. The Morgan fingerprint density at radius 1 is 1.50 bits per heavy atom. The topological polar surface area (TPSA) is 29.4 Å². The lowest BCUT2D eigenvalue weighted by Crippen LogP contribution is -1.98. The fourth-order valence-corrected chi connectivity index (χ4v) is 1.39. The van der Waals surface area contributed by atoms with Crippen LogP contribution in [0.3, 0.4) is 0 Å². The van der Waals surface area contributed by atoms with Crippen LogP contribution in [0.25, 0.3) is 0 Å². The molecule has 2 heteroatoms. The fourth-order valence-electron chi connectivity index (χ4n) is 1.39. The Kier molecular flexibility index (Phi) is 3.38. The summed E-state index contributed by atoms with van der Waals surface area (Å²) in [6, 6.07) is 7.58. The molecule has 2 nitrogen and oxygen atoms in total. The van der Waals surface area contributed by atoms with E-state index in [9.17, 15) is 4.79 Å². The highest BCUT2D eigenvalue weighted by Gasteiger charge is 2.12. The molecule has 1 atom stereocenters. The van der Waals surface area contributed by atoms with Gasteiger partial charge in [0.25, 0.3) is 0 Å². The van der Waals surface area contributed by atoms with Crippen molar-refractivity contribution in [2.75, 3.05) is 0 Å². The fraction of sp³-hybridized carbons (Fsp3) is 0.250. The molecule has 0 fully saturated rings. The van der Waals surface area contributed by atoms with Crippen molar-refractivity contribution in [1.29, 1.82) is 0 Å². The molecular formula is C12H13NO. The molecule has 72 valence electrons. The van der Waals surface area contributed by atoms with Gasteiger partial charge in [-0.3, -0.25) is 0 Å². The lowest BCUT2D eigenvalue weighted by molar-refractivity contribution is 0.560. The van der Waals surface area contributed by atoms with Crippen molar-refractivity contribution in [2.24, 2.45) is 4.99 Å². The van der Waals surface area contributed by atoms with Crippen molar-refractivity contribution >= 4 is 6.08 Å². The zero-order valence-electron chi connectivity index (χ0n) is 8.45. The molecule has 0 amide bonds. The van der Waals surface area contributed by atoms with E-state index in [2.05, 4.69) is 11.6 Å². The van der Waals surface area contributed by atoms with Crippen LogP contribution in [0.2, 0.25) is 0 Å². The van der Waals surface area contributed by atoms with Crippen LogP contribution in [0.4, 0.5) is 0 Å². The van der Waals surface area contributed by atoms with Gasteiger partial charge in [-0.05, 0) is 25.0 Å². The minimum Gasteiger partial charge on any atom is -0.211 e. The second-order valence-corrected chi connectivity index (χ2v) is 3.33. The van der Waals surface area contributed by atoms with E-state index in [4.69, 9.17) is 0 Å². The first-order valence-corrected chi connectivity index (χ1v) is 4.44. The van der Waals surface area contributed by atoms with Gasteiger partial charge in [-0.15, -0.1) is 0 Å². The Labute approximate surface area is 84.0 Å². The molecule has 1 rings (SSSR count). The van der Waals surface area contributed by atoms with Crippen molar-refractivity contribution in [3.63, 3.8) is 0 Å². The molecule has 0 N–H and O–H groups in total. The van der Waals surface area contributed by atoms with Gasteiger partial charge >= 0.3 is 0 Å². The smallest absolute Gasteiger partial charge is 0.211 e. The molecule has 0 saturated heterocycles. The normalized spacial score (nSPS) is 11.6. The van der Waals surface area contributed by atoms with E-state index in [1.807, 2.05) is 38.1 Å². The van der Waals surface area contributed by atoms with Gasteiger partial charge in [0.05, 0.1) is 0 Å². The predicted molar refractivity (Wildman–Crippen MR) is 56.9 cm³/mol. The van der Waals surface area contributed by atoms with Crippen LogP contribution in [-0.4, -0.2) is 6.08 Å². The molecule has 0 aliphatic carbocycles. The Bertz CT molecular complexity index is 387. The molecular weight excluding hydrogens is 174 g/mol. The lowest BCUT2D eigenvalue weighted by atomic mass is 9.97. The van der Waals surface area contributed by atoms with Crippen LogP contribution in [0.15, 0.2) is 41.4 Å². The summed E-state index contributed by atoms with van der Waals surface area (Å²) in [4.78, 5) is 14.0. The van der Waals surface area contributed by atoms with Crippen LogP contribution < -0.4 is 0 Å². The number of carbonyl (C=O) groups excluding carboxylic acids is 1. The average molecular weight is 187 g/mol. The molecule has 0 aromatic heterocycles. The average Bonchev–Trinajstić information content (AvgIpc) is 2.15. The van der Waals surface area contributed by atoms with Crippen molar-refractivity contribution in [2.45, 2.75) is 19.9 Å². The second-order valence-electron chi connectivity index (χ2n) is 3.33.